The van der Waals surface area contributed by atoms with Crippen molar-refractivity contribution in [2.24, 2.45) is 0 Å². The van der Waals surface area contributed by atoms with Gasteiger partial charge in [-0.05, 0) is 51.4 Å². The minimum Gasteiger partial charge on any atom is -0.356 e. The van der Waals surface area contributed by atoms with Crippen LogP contribution >= 0.6 is 0 Å². The maximum absolute atomic E-state index is 8.25. The van der Waals surface area contributed by atoms with Crippen molar-refractivity contribution in [3.8, 4) is 0 Å². The molecule has 0 rings (SSSR count). The SMILES string of the molecule is CCCCCCCCC[N+](CCCCCCCCC)(CCCCCCCCC)CCCCCCCCC.O=[N+]([O-])[O-]. The first-order valence-corrected chi connectivity index (χ1v) is 18.6. The lowest BCUT2D eigenvalue weighted by molar-refractivity contribution is -0.929. The van der Waals surface area contributed by atoms with Gasteiger partial charge in [0.25, 0.3) is 0 Å². The third kappa shape index (κ3) is 35.3. The topological polar surface area (TPSA) is 66.2 Å². The van der Waals surface area contributed by atoms with Crippen LogP contribution in [0.5, 0.6) is 0 Å². The summed E-state index contributed by atoms with van der Waals surface area (Å²) >= 11 is 0. The fraction of sp³-hybridized carbons (Fsp3) is 1.00. The Kier molecular flexibility index (Phi) is 36.5. The van der Waals surface area contributed by atoms with Gasteiger partial charge in [-0.3, -0.25) is 0 Å². The van der Waals surface area contributed by atoms with Gasteiger partial charge in [0.15, 0.2) is 0 Å². The lowest BCUT2D eigenvalue weighted by Crippen LogP contribution is -2.50. The molecule has 248 valence electrons. The quantitative estimate of drug-likeness (QED) is 0.0342. The average molecular weight is 585 g/mol. The molecule has 0 aliphatic heterocycles. The predicted molar refractivity (Wildman–Crippen MR) is 182 cm³/mol. The van der Waals surface area contributed by atoms with Gasteiger partial charge in [-0.2, -0.15) is 0 Å². The van der Waals surface area contributed by atoms with E-state index in [4.69, 9.17) is 15.3 Å². The molecule has 0 amide bonds. The number of hydrogen-bond acceptors (Lipinski definition) is 3. The molecular weight excluding hydrogens is 508 g/mol. The second-order valence-corrected chi connectivity index (χ2v) is 12.9. The van der Waals surface area contributed by atoms with Crippen molar-refractivity contribution in [1.29, 1.82) is 0 Å². The summed E-state index contributed by atoms with van der Waals surface area (Å²) < 4.78 is 1.48. The number of nitrogens with zero attached hydrogens (tertiary/aromatic N) is 2. The molecule has 0 saturated carbocycles. The van der Waals surface area contributed by atoms with E-state index in [9.17, 15) is 0 Å². The van der Waals surface area contributed by atoms with E-state index >= 15 is 0 Å². The number of rotatable bonds is 32. The van der Waals surface area contributed by atoms with Crippen molar-refractivity contribution in [3.05, 3.63) is 15.3 Å². The summed E-state index contributed by atoms with van der Waals surface area (Å²) in [6.45, 7) is 15.3. The first kappa shape index (κ1) is 42.3. The normalized spacial score (nSPS) is 11.4. The van der Waals surface area contributed by atoms with E-state index in [1.54, 1.807) is 0 Å². The first-order valence-electron chi connectivity index (χ1n) is 18.6. The summed E-state index contributed by atoms with van der Waals surface area (Å²) in [5.41, 5.74) is 0. The minimum atomic E-state index is -1.75. The van der Waals surface area contributed by atoms with E-state index in [0.717, 1.165) is 0 Å². The third-order valence-electron chi connectivity index (χ3n) is 8.94. The van der Waals surface area contributed by atoms with E-state index in [1.807, 2.05) is 0 Å². The molecule has 0 aliphatic rings. The number of unbranched alkanes of at least 4 members (excludes halogenated alkanes) is 24. The maximum atomic E-state index is 8.25. The second-order valence-electron chi connectivity index (χ2n) is 12.9. The van der Waals surface area contributed by atoms with Gasteiger partial charge in [-0.25, -0.2) is 0 Å². The van der Waals surface area contributed by atoms with Crippen LogP contribution in [0.4, 0.5) is 0 Å². The Morgan fingerprint density at radius 2 is 0.488 bits per heavy atom. The molecule has 0 aromatic rings. The summed E-state index contributed by atoms with van der Waals surface area (Å²) in [5, 5.41) is 14.8. The van der Waals surface area contributed by atoms with E-state index < -0.39 is 5.09 Å². The highest BCUT2D eigenvalue weighted by Crippen LogP contribution is 2.21. The maximum Gasteiger partial charge on any atom is 0.0786 e. The number of quaternary nitrogens is 1. The van der Waals surface area contributed by atoms with Crippen LogP contribution < -0.4 is 0 Å². The molecule has 0 fully saturated rings. The summed E-state index contributed by atoms with van der Waals surface area (Å²) in [6, 6.07) is 0. The van der Waals surface area contributed by atoms with Crippen molar-refractivity contribution in [1.82, 2.24) is 0 Å². The zero-order chi connectivity index (χ0) is 30.7. The van der Waals surface area contributed by atoms with Crippen LogP contribution in [0.2, 0.25) is 0 Å². The highest BCUT2D eigenvalue weighted by Gasteiger charge is 2.25. The molecule has 0 aromatic heterocycles. The molecule has 0 N–H and O–H groups in total. The van der Waals surface area contributed by atoms with E-state index in [0.29, 0.717) is 0 Å². The van der Waals surface area contributed by atoms with Crippen LogP contribution in [0.3, 0.4) is 0 Å². The second kappa shape index (κ2) is 35.4. The molecule has 0 radical (unpaired) electrons. The molecule has 0 atom stereocenters. The molecule has 0 bridgehead atoms. The molecule has 5 nitrogen and oxygen atoms in total. The average Bonchev–Trinajstić information content (AvgIpc) is 2.95. The van der Waals surface area contributed by atoms with Crippen molar-refractivity contribution in [2.45, 2.75) is 207 Å². The predicted octanol–water partition coefficient (Wildman–Crippen LogP) is 12.6. The van der Waals surface area contributed by atoms with E-state index in [-0.39, 0.29) is 0 Å². The molecule has 0 unspecified atom stereocenters. The smallest absolute Gasteiger partial charge is 0.0786 e. The van der Waals surface area contributed by atoms with Gasteiger partial charge in [-0.1, -0.05) is 156 Å². The number of hydrogen-bond donors (Lipinski definition) is 0. The molecular formula is C36H76N2O3. The molecule has 0 heterocycles. The molecule has 0 saturated heterocycles. The van der Waals surface area contributed by atoms with Crippen molar-refractivity contribution in [3.63, 3.8) is 0 Å². The van der Waals surface area contributed by atoms with Crippen LogP contribution in [0.1, 0.15) is 207 Å². The van der Waals surface area contributed by atoms with Crippen molar-refractivity contribution < 1.29 is 9.57 Å². The molecule has 0 spiro atoms. The fourth-order valence-corrected chi connectivity index (χ4v) is 6.29. The third-order valence-corrected chi connectivity index (χ3v) is 8.94. The summed E-state index contributed by atoms with van der Waals surface area (Å²) in [7, 11) is 0. The minimum absolute atomic E-state index is 1.37. The van der Waals surface area contributed by atoms with Crippen LogP contribution in [0, 0.1) is 15.3 Å². The largest absolute Gasteiger partial charge is 0.356 e. The summed E-state index contributed by atoms with van der Waals surface area (Å²) in [5.74, 6) is 0. The Hall–Kier alpha value is -0.840. The van der Waals surface area contributed by atoms with Gasteiger partial charge in [0.05, 0.1) is 31.3 Å². The first-order chi connectivity index (χ1) is 20.0. The van der Waals surface area contributed by atoms with E-state index in [2.05, 4.69) is 27.7 Å². The highest BCUT2D eigenvalue weighted by molar-refractivity contribution is 4.55. The van der Waals surface area contributed by atoms with Crippen molar-refractivity contribution >= 4 is 0 Å². The Morgan fingerprint density at radius 3 is 0.659 bits per heavy atom. The van der Waals surface area contributed by atoms with Gasteiger partial charge in [0, 0.05) is 0 Å². The van der Waals surface area contributed by atoms with Crippen LogP contribution in [-0.4, -0.2) is 35.7 Å². The zero-order valence-corrected chi connectivity index (χ0v) is 28.7. The zero-order valence-electron chi connectivity index (χ0n) is 28.7. The van der Waals surface area contributed by atoms with Crippen molar-refractivity contribution in [2.75, 3.05) is 26.2 Å². The Labute approximate surface area is 258 Å². The van der Waals surface area contributed by atoms with Gasteiger partial charge >= 0.3 is 0 Å². The summed E-state index contributed by atoms with van der Waals surface area (Å²) in [6.07, 6.45) is 40.7. The Balaban J connectivity index is 0. The lowest BCUT2D eigenvalue weighted by atomic mass is 10.0. The van der Waals surface area contributed by atoms with Gasteiger partial charge in [0.2, 0.25) is 0 Å². The molecule has 5 heteroatoms. The molecule has 0 aromatic carbocycles. The highest BCUT2D eigenvalue weighted by atomic mass is 16.9. The molecule has 0 aliphatic carbocycles. The van der Waals surface area contributed by atoms with Crippen LogP contribution in [-0.2, 0) is 0 Å². The monoisotopic (exact) mass is 585 g/mol. The van der Waals surface area contributed by atoms with Gasteiger partial charge in [-0.15, -0.1) is 0 Å². The van der Waals surface area contributed by atoms with Crippen LogP contribution in [0.15, 0.2) is 0 Å². The van der Waals surface area contributed by atoms with E-state index in [1.165, 1.54) is 210 Å². The standard InChI is InChI=1S/C36H76N.NO3/c1-5-9-13-17-21-25-29-33-37(34-30-26-22-18-14-10-6-2,35-31-27-23-19-15-11-7-3)36-32-28-24-20-16-12-8-4;2-1(3)4/h5-36H2,1-4H3;/q+1;-1. The van der Waals surface area contributed by atoms with Crippen LogP contribution in [0.25, 0.3) is 0 Å². The lowest BCUT2D eigenvalue weighted by Gasteiger charge is -2.40. The van der Waals surface area contributed by atoms with Gasteiger partial charge < -0.3 is 19.8 Å². The Bertz CT molecular complexity index is 420. The van der Waals surface area contributed by atoms with Gasteiger partial charge in [0.1, 0.15) is 0 Å². The fourth-order valence-electron chi connectivity index (χ4n) is 6.29. The summed E-state index contributed by atoms with van der Waals surface area (Å²) in [4.78, 5) is 8.25. The Morgan fingerprint density at radius 1 is 0.341 bits per heavy atom. The molecule has 41 heavy (non-hydrogen) atoms.